The summed E-state index contributed by atoms with van der Waals surface area (Å²) >= 11 is 6.50. The fraction of sp³-hybridized carbons (Fsp3) is 0.194. The summed E-state index contributed by atoms with van der Waals surface area (Å²) in [6, 6.07) is 14.7. The van der Waals surface area contributed by atoms with Crippen molar-refractivity contribution in [3.8, 4) is 0 Å². The summed E-state index contributed by atoms with van der Waals surface area (Å²) in [5, 5.41) is 9.45. The van der Waals surface area contributed by atoms with E-state index in [1.807, 2.05) is 73.6 Å². The molecule has 1 aliphatic carbocycles. The highest BCUT2D eigenvalue weighted by atomic mass is 35.5. The van der Waals surface area contributed by atoms with Gasteiger partial charge < -0.3 is 26.6 Å². The molecule has 0 bridgehead atoms. The van der Waals surface area contributed by atoms with Gasteiger partial charge >= 0.3 is 0 Å². The Morgan fingerprint density at radius 1 is 1.19 bits per heavy atom. The Morgan fingerprint density at radius 2 is 1.95 bits per heavy atom. The number of rotatable bonds is 9. The van der Waals surface area contributed by atoms with E-state index in [4.69, 9.17) is 17.3 Å². The van der Waals surface area contributed by atoms with E-state index in [0.717, 1.165) is 5.56 Å². The number of amides is 3. The number of nitrogens with one attached hydrogen (secondary N) is 3. The van der Waals surface area contributed by atoms with Gasteiger partial charge in [0, 0.05) is 41.6 Å². The number of anilines is 3. The second kappa shape index (κ2) is 12.0. The number of carbonyl (C=O) groups excluding carboxylic acids is 3. The number of allylic oxidation sites excluding steroid dienone is 2. The summed E-state index contributed by atoms with van der Waals surface area (Å²) < 4.78 is 0. The number of aromatic nitrogens is 2. The van der Waals surface area contributed by atoms with E-state index in [2.05, 4.69) is 25.9 Å². The van der Waals surface area contributed by atoms with E-state index < -0.39 is 17.4 Å². The molecule has 0 saturated heterocycles. The predicted octanol–water partition coefficient (Wildman–Crippen LogP) is 3.76. The first-order chi connectivity index (χ1) is 20.2. The van der Waals surface area contributed by atoms with E-state index in [9.17, 15) is 14.4 Å². The summed E-state index contributed by atoms with van der Waals surface area (Å²) in [6.07, 6.45) is 9.98. The molecule has 10 nitrogen and oxygen atoms in total. The van der Waals surface area contributed by atoms with Crippen LogP contribution in [-0.4, -0.2) is 53.2 Å². The largest absolute Gasteiger partial charge is 0.366 e. The molecule has 2 unspecified atom stereocenters. The minimum absolute atomic E-state index is 0.135. The van der Waals surface area contributed by atoms with Crippen LogP contribution in [0.1, 0.15) is 29.2 Å². The van der Waals surface area contributed by atoms with Crippen molar-refractivity contribution in [2.75, 3.05) is 31.3 Å². The summed E-state index contributed by atoms with van der Waals surface area (Å²) in [6.45, 7) is 0.584. The number of carbonyl (C=O) groups is 3. The average Bonchev–Trinajstić information content (AvgIpc) is 3.29. The summed E-state index contributed by atoms with van der Waals surface area (Å²) in [4.78, 5) is 49.1. The van der Waals surface area contributed by atoms with Crippen molar-refractivity contribution >= 4 is 46.6 Å². The third kappa shape index (κ3) is 5.95. The molecule has 214 valence electrons. The molecule has 2 aromatic carbocycles. The zero-order valence-electron chi connectivity index (χ0n) is 23.1. The topological polar surface area (TPSA) is 142 Å². The monoisotopic (exact) mass is 583 g/mol. The van der Waals surface area contributed by atoms with E-state index >= 15 is 0 Å². The highest BCUT2D eigenvalue weighted by Gasteiger charge is 2.37. The number of nitrogens with zero attached hydrogens (tertiary/aromatic N) is 3. The number of primary amides is 1. The SMILES string of the molecule is CN(C)CC=CC(=O)NC1(c2ccccc2Nc2ncc(Cl)c(C3C(=O)Nc4ccccc43)n2)C=CC=C(C(N)=O)C1. The number of halogens is 1. The lowest BCUT2D eigenvalue weighted by atomic mass is 9.79. The first-order valence-corrected chi connectivity index (χ1v) is 13.6. The van der Waals surface area contributed by atoms with Crippen molar-refractivity contribution in [2.45, 2.75) is 17.9 Å². The summed E-state index contributed by atoms with van der Waals surface area (Å²) in [5.41, 5.74) is 7.99. The van der Waals surface area contributed by atoms with Crippen LogP contribution in [0.15, 0.2) is 90.7 Å². The van der Waals surface area contributed by atoms with Gasteiger partial charge in [0.25, 0.3) is 0 Å². The van der Waals surface area contributed by atoms with Gasteiger partial charge in [-0.2, -0.15) is 0 Å². The van der Waals surface area contributed by atoms with Gasteiger partial charge in [0.2, 0.25) is 23.7 Å². The quantitative estimate of drug-likeness (QED) is 0.281. The number of benzene rings is 2. The molecule has 42 heavy (non-hydrogen) atoms. The van der Waals surface area contributed by atoms with E-state index in [0.29, 0.717) is 34.8 Å². The van der Waals surface area contributed by atoms with Crippen LogP contribution in [-0.2, 0) is 19.9 Å². The Labute approximate surface area is 248 Å². The highest BCUT2D eigenvalue weighted by Crippen LogP contribution is 2.40. The molecule has 11 heteroatoms. The van der Waals surface area contributed by atoms with Crippen molar-refractivity contribution < 1.29 is 14.4 Å². The van der Waals surface area contributed by atoms with Crippen LogP contribution >= 0.6 is 11.6 Å². The van der Waals surface area contributed by atoms with Gasteiger partial charge in [0.1, 0.15) is 5.92 Å². The van der Waals surface area contributed by atoms with E-state index in [1.165, 1.54) is 12.3 Å². The molecule has 5 N–H and O–H groups in total. The van der Waals surface area contributed by atoms with Crippen molar-refractivity contribution in [1.82, 2.24) is 20.2 Å². The van der Waals surface area contributed by atoms with Gasteiger partial charge in [-0.15, -0.1) is 0 Å². The number of hydrogen-bond acceptors (Lipinski definition) is 7. The maximum absolute atomic E-state index is 13.1. The molecule has 3 aromatic rings. The minimum atomic E-state index is -1.11. The lowest BCUT2D eigenvalue weighted by Crippen LogP contribution is -2.46. The Kier molecular flexibility index (Phi) is 8.19. The zero-order chi connectivity index (χ0) is 29.9. The van der Waals surface area contributed by atoms with Gasteiger partial charge in [-0.1, -0.05) is 72.3 Å². The maximum Gasteiger partial charge on any atom is 0.244 e. The van der Waals surface area contributed by atoms with Crippen LogP contribution in [0.2, 0.25) is 5.02 Å². The maximum atomic E-state index is 13.1. The van der Waals surface area contributed by atoms with Crippen LogP contribution in [0, 0.1) is 0 Å². The third-order valence-corrected chi connectivity index (χ3v) is 7.33. The Morgan fingerprint density at radius 3 is 2.74 bits per heavy atom. The van der Waals surface area contributed by atoms with Gasteiger partial charge in [0.05, 0.1) is 22.5 Å². The van der Waals surface area contributed by atoms with E-state index in [-0.39, 0.29) is 29.2 Å². The molecule has 1 aliphatic heterocycles. The molecule has 0 spiro atoms. The second-order valence-corrected chi connectivity index (χ2v) is 10.7. The fourth-order valence-electron chi connectivity index (χ4n) is 5.11. The first-order valence-electron chi connectivity index (χ1n) is 13.3. The van der Waals surface area contributed by atoms with Crippen molar-refractivity contribution in [3.63, 3.8) is 0 Å². The molecule has 5 rings (SSSR count). The van der Waals surface area contributed by atoms with Crippen molar-refractivity contribution in [1.29, 1.82) is 0 Å². The van der Waals surface area contributed by atoms with Crippen LogP contribution in [0.3, 0.4) is 0 Å². The molecular weight excluding hydrogens is 554 g/mol. The van der Waals surface area contributed by atoms with Gasteiger partial charge in [-0.3, -0.25) is 14.4 Å². The minimum Gasteiger partial charge on any atom is -0.366 e. The highest BCUT2D eigenvalue weighted by molar-refractivity contribution is 6.31. The van der Waals surface area contributed by atoms with Gasteiger partial charge in [-0.05, 0) is 31.8 Å². The van der Waals surface area contributed by atoms with Crippen LogP contribution in [0.5, 0.6) is 0 Å². The van der Waals surface area contributed by atoms with E-state index in [1.54, 1.807) is 18.2 Å². The van der Waals surface area contributed by atoms with Gasteiger partial charge in [0.15, 0.2) is 0 Å². The number of hydrogen-bond donors (Lipinski definition) is 4. The summed E-state index contributed by atoms with van der Waals surface area (Å²) in [5.74, 6) is -1.64. The third-order valence-electron chi connectivity index (χ3n) is 7.04. The van der Waals surface area contributed by atoms with Crippen LogP contribution in [0.25, 0.3) is 0 Å². The lowest BCUT2D eigenvalue weighted by molar-refractivity contribution is -0.119. The van der Waals surface area contributed by atoms with Gasteiger partial charge in [-0.25, -0.2) is 9.97 Å². The Bertz CT molecular complexity index is 1650. The molecule has 0 radical (unpaired) electrons. The second-order valence-electron chi connectivity index (χ2n) is 10.3. The molecule has 1 aromatic heterocycles. The Balaban J connectivity index is 1.51. The summed E-state index contributed by atoms with van der Waals surface area (Å²) in [7, 11) is 3.81. The van der Waals surface area contributed by atoms with Crippen LogP contribution < -0.4 is 21.7 Å². The number of fused-ring (bicyclic) bond motifs is 1. The molecule has 2 aliphatic rings. The van der Waals surface area contributed by atoms with Crippen LogP contribution in [0.4, 0.5) is 17.3 Å². The smallest absolute Gasteiger partial charge is 0.244 e. The predicted molar refractivity (Wildman–Crippen MR) is 162 cm³/mol. The molecule has 0 saturated carbocycles. The first kappa shape index (κ1) is 28.7. The fourth-order valence-corrected chi connectivity index (χ4v) is 5.31. The number of likely N-dealkylation sites (N-methyl/N-ethyl adjacent to an activating group) is 1. The molecule has 3 amide bonds. The standard InChI is InChI=1S/C31H30ClN7O3/c1-39(2)16-8-14-25(40)38-31(15-7-9-19(17-31)28(33)41)21-11-4-6-13-24(21)36-30-34-18-22(32)27(37-30)26-20-10-3-5-12-23(20)35-29(26)42/h3-15,18,26H,16-17H2,1-2H3,(H2,33,41)(H,35,42)(H,38,40)(H,34,36,37). The lowest BCUT2D eigenvalue weighted by Gasteiger charge is -2.36. The molecule has 0 fully saturated rings. The molecule has 2 heterocycles. The Hall–Kier alpha value is -4.80. The van der Waals surface area contributed by atoms with Crippen molar-refractivity contribution in [3.05, 3.63) is 113 Å². The normalized spacial score (nSPS) is 19.4. The van der Waals surface area contributed by atoms with Crippen molar-refractivity contribution in [2.24, 2.45) is 5.73 Å². The number of para-hydroxylation sites is 2. The molecular formula is C31H30ClN7O3. The zero-order valence-corrected chi connectivity index (χ0v) is 23.9. The number of nitrogens with two attached hydrogens (primary N) is 1. The average molecular weight is 584 g/mol. The molecule has 2 atom stereocenters.